The normalized spacial score (nSPS) is 10.3. The molecule has 2 rings (SSSR count). The van der Waals surface area contributed by atoms with Crippen LogP contribution in [0.25, 0.3) is 0 Å². The second-order valence-corrected chi connectivity index (χ2v) is 4.80. The molecule has 4 nitrogen and oxygen atoms in total. The fraction of sp³-hybridized carbons (Fsp3) is 0.231. The summed E-state index contributed by atoms with van der Waals surface area (Å²) in [5, 5.41) is 7.35. The summed E-state index contributed by atoms with van der Waals surface area (Å²) in [4.78, 5) is 8.44. The second-order valence-electron chi connectivity index (χ2n) is 3.95. The minimum Gasteiger partial charge on any atom is -0.354 e. The molecule has 6 heteroatoms. The minimum absolute atomic E-state index is 0.460. The van der Waals surface area contributed by atoms with Crippen LogP contribution in [0.2, 0.25) is 10.0 Å². The van der Waals surface area contributed by atoms with Gasteiger partial charge in [-0.15, -0.1) is 0 Å². The van der Waals surface area contributed by atoms with Crippen LogP contribution in [0.5, 0.6) is 0 Å². The molecule has 0 saturated heterocycles. The zero-order valence-corrected chi connectivity index (χ0v) is 12.0. The van der Waals surface area contributed by atoms with Crippen molar-refractivity contribution >= 4 is 40.7 Å². The van der Waals surface area contributed by atoms with E-state index in [0.29, 0.717) is 21.8 Å². The van der Waals surface area contributed by atoms with E-state index >= 15 is 0 Å². The molecule has 0 aliphatic heterocycles. The molecule has 0 spiro atoms. The Labute approximate surface area is 122 Å². The number of benzene rings is 1. The zero-order chi connectivity index (χ0) is 13.7. The predicted octanol–water partition coefficient (Wildman–Crippen LogP) is 4.35. The number of rotatable bonds is 5. The highest BCUT2D eigenvalue weighted by Gasteiger charge is 2.05. The fourth-order valence-electron chi connectivity index (χ4n) is 1.48. The van der Waals surface area contributed by atoms with Crippen LogP contribution in [0, 0.1) is 0 Å². The van der Waals surface area contributed by atoms with Gasteiger partial charge in [0.25, 0.3) is 0 Å². The highest BCUT2D eigenvalue weighted by molar-refractivity contribution is 6.33. The van der Waals surface area contributed by atoms with Crippen LogP contribution < -0.4 is 10.6 Å². The fourth-order valence-corrected chi connectivity index (χ4v) is 1.81. The molecule has 1 heterocycles. The van der Waals surface area contributed by atoms with Crippen molar-refractivity contribution in [3.05, 3.63) is 40.5 Å². The Bertz CT molecular complexity index is 560. The van der Waals surface area contributed by atoms with Gasteiger partial charge in [-0.2, -0.15) is 4.98 Å². The summed E-state index contributed by atoms with van der Waals surface area (Å²) < 4.78 is 0. The maximum absolute atomic E-state index is 6.07. The Balaban J connectivity index is 2.19. The lowest BCUT2D eigenvalue weighted by atomic mass is 10.3. The third-order valence-corrected chi connectivity index (χ3v) is 2.88. The minimum atomic E-state index is 0.460. The van der Waals surface area contributed by atoms with Crippen LogP contribution in [-0.2, 0) is 0 Å². The lowest BCUT2D eigenvalue weighted by molar-refractivity contribution is 0.953. The third kappa shape index (κ3) is 3.98. The molecular weight excluding hydrogens is 283 g/mol. The van der Waals surface area contributed by atoms with E-state index in [2.05, 4.69) is 27.5 Å². The highest BCUT2D eigenvalue weighted by Crippen LogP contribution is 2.25. The molecule has 2 aromatic rings. The highest BCUT2D eigenvalue weighted by atomic mass is 35.5. The molecule has 2 N–H and O–H groups in total. The van der Waals surface area contributed by atoms with Crippen LogP contribution in [0.3, 0.4) is 0 Å². The number of hydrogen-bond acceptors (Lipinski definition) is 4. The molecule has 0 aliphatic carbocycles. The van der Waals surface area contributed by atoms with Gasteiger partial charge in [0, 0.05) is 17.3 Å². The van der Waals surface area contributed by atoms with Gasteiger partial charge in [0.05, 0.1) is 6.20 Å². The number of anilines is 3. The van der Waals surface area contributed by atoms with E-state index in [0.717, 1.165) is 18.7 Å². The van der Waals surface area contributed by atoms with E-state index in [4.69, 9.17) is 23.2 Å². The first-order chi connectivity index (χ1) is 9.19. The Hall–Kier alpha value is -1.52. The Morgan fingerprint density at radius 3 is 2.84 bits per heavy atom. The maximum Gasteiger partial charge on any atom is 0.224 e. The van der Waals surface area contributed by atoms with E-state index in [-0.39, 0.29) is 0 Å². The Kier molecular flexibility index (Phi) is 4.82. The van der Waals surface area contributed by atoms with E-state index < -0.39 is 0 Å². The lowest BCUT2D eigenvalue weighted by Crippen LogP contribution is -2.06. The number of aromatic nitrogens is 2. The average Bonchev–Trinajstić information content (AvgIpc) is 2.40. The van der Waals surface area contributed by atoms with Crippen molar-refractivity contribution in [2.45, 2.75) is 13.3 Å². The lowest BCUT2D eigenvalue weighted by Gasteiger charge is -2.09. The molecule has 0 bridgehead atoms. The SMILES string of the molecule is CCCNc1ncc(Cl)c(Nc2cccc(Cl)c2)n1. The van der Waals surface area contributed by atoms with Gasteiger partial charge in [0.1, 0.15) is 5.02 Å². The number of halogens is 2. The Morgan fingerprint density at radius 1 is 1.26 bits per heavy atom. The molecular formula is C13H14Cl2N4. The molecule has 0 radical (unpaired) electrons. The van der Waals surface area contributed by atoms with Gasteiger partial charge in [-0.1, -0.05) is 36.2 Å². The van der Waals surface area contributed by atoms with Crippen LogP contribution >= 0.6 is 23.2 Å². The van der Waals surface area contributed by atoms with Crippen molar-refractivity contribution in [3.63, 3.8) is 0 Å². The molecule has 1 aromatic heterocycles. The summed E-state index contributed by atoms with van der Waals surface area (Å²) in [6, 6.07) is 7.36. The van der Waals surface area contributed by atoms with Crippen molar-refractivity contribution in [1.29, 1.82) is 0 Å². The summed E-state index contributed by atoms with van der Waals surface area (Å²) in [7, 11) is 0. The maximum atomic E-state index is 6.07. The van der Waals surface area contributed by atoms with Gasteiger partial charge in [0.15, 0.2) is 5.82 Å². The summed E-state index contributed by atoms with van der Waals surface area (Å²) in [5.41, 5.74) is 0.828. The molecule has 100 valence electrons. The van der Waals surface area contributed by atoms with Crippen LogP contribution in [-0.4, -0.2) is 16.5 Å². The van der Waals surface area contributed by atoms with Crippen molar-refractivity contribution in [3.8, 4) is 0 Å². The van der Waals surface area contributed by atoms with E-state index in [1.54, 1.807) is 12.3 Å². The first-order valence-corrected chi connectivity index (χ1v) is 6.73. The quantitative estimate of drug-likeness (QED) is 0.861. The summed E-state index contributed by atoms with van der Waals surface area (Å²) in [5.74, 6) is 1.10. The Morgan fingerprint density at radius 2 is 2.11 bits per heavy atom. The molecule has 1 aromatic carbocycles. The largest absolute Gasteiger partial charge is 0.354 e. The standard InChI is InChI=1S/C13H14Cl2N4/c1-2-6-16-13-17-8-11(15)12(19-13)18-10-5-3-4-9(14)7-10/h3-5,7-8H,2,6H2,1H3,(H2,16,17,18,19). The smallest absolute Gasteiger partial charge is 0.224 e. The van der Waals surface area contributed by atoms with E-state index in [9.17, 15) is 0 Å². The molecule has 0 aliphatic rings. The number of nitrogens with zero attached hydrogens (tertiary/aromatic N) is 2. The summed E-state index contributed by atoms with van der Waals surface area (Å²) in [6.07, 6.45) is 2.57. The zero-order valence-electron chi connectivity index (χ0n) is 10.5. The van der Waals surface area contributed by atoms with Gasteiger partial charge in [-0.05, 0) is 24.6 Å². The van der Waals surface area contributed by atoms with E-state index in [1.807, 2.05) is 18.2 Å². The number of nitrogens with one attached hydrogen (secondary N) is 2. The van der Waals surface area contributed by atoms with Gasteiger partial charge in [0.2, 0.25) is 5.95 Å². The predicted molar refractivity (Wildman–Crippen MR) is 80.6 cm³/mol. The van der Waals surface area contributed by atoms with Crippen molar-refractivity contribution in [2.24, 2.45) is 0 Å². The molecule has 0 fully saturated rings. The summed E-state index contributed by atoms with van der Waals surface area (Å²) >= 11 is 12.0. The molecule has 0 unspecified atom stereocenters. The van der Waals surface area contributed by atoms with Gasteiger partial charge in [-0.25, -0.2) is 4.98 Å². The molecule has 0 amide bonds. The van der Waals surface area contributed by atoms with Gasteiger partial charge in [-0.3, -0.25) is 0 Å². The van der Waals surface area contributed by atoms with Crippen LogP contribution in [0.4, 0.5) is 17.5 Å². The van der Waals surface area contributed by atoms with Gasteiger partial charge >= 0.3 is 0 Å². The van der Waals surface area contributed by atoms with Crippen LogP contribution in [0.1, 0.15) is 13.3 Å². The molecule has 0 saturated carbocycles. The van der Waals surface area contributed by atoms with Crippen molar-refractivity contribution < 1.29 is 0 Å². The van der Waals surface area contributed by atoms with Crippen molar-refractivity contribution in [2.75, 3.05) is 17.2 Å². The molecule has 19 heavy (non-hydrogen) atoms. The van der Waals surface area contributed by atoms with E-state index in [1.165, 1.54) is 0 Å². The first kappa shape index (κ1) is 13.9. The topological polar surface area (TPSA) is 49.8 Å². The van der Waals surface area contributed by atoms with Gasteiger partial charge < -0.3 is 10.6 Å². The second kappa shape index (κ2) is 6.59. The third-order valence-electron chi connectivity index (χ3n) is 2.36. The number of hydrogen-bond donors (Lipinski definition) is 2. The van der Waals surface area contributed by atoms with Crippen molar-refractivity contribution in [1.82, 2.24) is 9.97 Å². The van der Waals surface area contributed by atoms with Crippen LogP contribution in [0.15, 0.2) is 30.5 Å². The first-order valence-electron chi connectivity index (χ1n) is 5.98. The summed E-state index contributed by atoms with van der Waals surface area (Å²) in [6.45, 7) is 2.90. The average molecular weight is 297 g/mol. The monoisotopic (exact) mass is 296 g/mol. The molecule has 0 atom stereocenters.